The lowest BCUT2D eigenvalue weighted by Crippen LogP contribution is -2.50. The number of nitrogens with zero attached hydrogens (tertiary/aromatic N) is 1. The molecular weight excluding hydrogens is 485 g/mol. The number of nitrogens with one attached hydrogen (secondary N) is 2. The molecule has 0 bridgehead atoms. The van der Waals surface area contributed by atoms with Crippen molar-refractivity contribution in [3.63, 3.8) is 0 Å². The topological polar surface area (TPSA) is 78.5 Å². The van der Waals surface area contributed by atoms with Crippen LogP contribution >= 0.6 is 0 Å². The van der Waals surface area contributed by atoms with Gasteiger partial charge >= 0.3 is 12.1 Å². The number of carbonyl (C=O) groups is 3. The molecule has 0 spiro atoms. The van der Waals surface area contributed by atoms with E-state index in [0.29, 0.717) is 29.3 Å². The van der Waals surface area contributed by atoms with E-state index in [-0.39, 0.29) is 0 Å². The molecule has 0 unspecified atom stereocenters. The van der Waals surface area contributed by atoms with Crippen LogP contribution < -0.4 is 15.5 Å². The highest BCUT2D eigenvalue weighted by atomic mass is 19.4. The number of hydrogen-bond donors (Lipinski definition) is 2. The molecule has 0 aromatic heterocycles. The predicted octanol–water partition coefficient (Wildman–Crippen LogP) is 4.22. The lowest BCUT2D eigenvalue weighted by Gasteiger charge is -2.27. The second-order valence-corrected chi connectivity index (χ2v) is 9.08. The molecular formula is C25H24F5N3O3. The van der Waals surface area contributed by atoms with Crippen molar-refractivity contribution < 1.29 is 36.3 Å². The molecule has 2 aliphatic rings. The summed E-state index contributed by atoms with van der Waals surface area (Å²) in [7, 11) is 0. The van der Waals surface area contributed by atoms with Crippen molar-refractivity contribution in [2.75, 3.05) is 18.0 Å². The summed E-state index contributed by atoms with van der Waals surface area (Å²) in [6, 6.07) is 13.1. The van der Waals surface area contributed by atoms with E-state index in [4.69, 9.17) is 0 Å². The Balaban J connectivity index is 1.58. The minimum atomic E-state index is -5.84. The summed E-state index contributed by atoms with van der Waals surface area (Å²) in [5.41, 5.74) is 2.66. The Morgan fingerprint density at radius 2 is 1.58 bits per heavy atom. The van der Waals surface area contributed by atoms with Crippen LogP contribution in [0.2, 0.25) is 0 Å². The van der Waals surface area contributed by atoms with Gasteiger partial charge in [-0.3, -0.25) is 14.4 Å². The summed E-state index contributed by atoms with van der Waals surface area (Å²) in [5.74, 6) is -9.18. The number of hydrogen-bond acceptors (Lipinski definition) is 3. The molecule has 1 saturated carbocycles. The number of fused-ring (bicyclic) bond motifs is 3. The summed E-state index contributed by atoms with van der Waals surface area (Å²) in [6.45, 7) is -0.485. The smallest absolute Gasteiger partial charge is 0.349 e. The SMILES string of the molecule is C[C@H](C(=O)NCC(F)(F)C(F)(F)F)C(=O)N[C@@H]1C(=O)N(CC2CC2)c2ccccc2-c2ccccc21. The van der Waals surface area contributed by atoms with Crippen molar-refractivity contribution in [1.29, 1.82) is 0 Å². The highest BCUT2D eigenvalue weighted by Crippen LogP contribution is 2.42. The number of alkyl halides is 5. The molecule has 4 rings (SSSR count). The van der Waals surface area contributed by atoms with Gasteiger partial charge in [-0.25, -0.2) is 0 Å². The monoisotopic (exact) mass is 509 g/mol. The Kier molecular flexibility index (Phi) is 6.76. The molecule has 11 heteroatoms. The van der Waals surface area contributed by atoms with Gasteiger partial charge in [0.15, 0.2) is 0 Å². The van der Waals surface area contributed by atoms with Crippen LogP contribution in [-0.2, 0) is 14.4 Å². The van der Waals surface area contributed by atoms with Crippen molar-refractivity contribution in [2.45, 2.75) is 37.9 Å². The van der Waals surface area contributed by atoms with Gasteiger partial charge in [-0.1, -0.05) is 42.5 Å². The second-order valence-electron chi connectivity index (χ2n) is 9.08. The third-order valence-corrected chi connectivity index (χ3v) is 6.38. The summed E-state index contributed by atoms with van der Waals surface area (Å²) < 4.78 is 63.6. The van der Waals surface area contributed by atoms with E-state index in [9.17, 15) is 36.3 Å². The standard InChI is InChI=1S/C25H24F5N3O3/c1-14(21(34)31-13-24(26,27)25(28,29)30)22(35)32-20-18-8-3-2-6-16(18)17-7-4-5-9-19(17)33(23(20)36)12-15-10-11-15/h2-9,14-15,20H,10-13H2,1H3,(H,31,34)(H,32,35)/t14-,20+/m1/s1. The molecule has 1 heterocycles. The van der Waals surface area contributed by atoms with Crippen molar-refractivity contribution in [1.82, 2.24) is 10.6 Å². The molecule has 2 aromatic carbocycles. The number of benzene rings is 2. The maximum Gasteiger partial charge on any atom is 0.455 e. The van der Waals surface area contributed by atoms with E-state index >= 15 is 0 Å². The Hall–Kier alpha value is -3.50. The fourth-order valence-electron chi connectivity index (χ4n) is 4.06. The lowest BCUT2D eigenvalue weighted by atomic mass is 9.95. The maximum absolute atomic E-state index is 13.7. The summed E-state index contributed by atoms with van der Waals surface area (Å²) in [4.78, 5) is 40.4. The molecule has 6 nitrogen and oxygen atoms in total. The van der Waals surface area contributed by atoms with E-state index in [1.54, 1.807) is 35.2 Å². The van der Waals surface area contributed by atoms with Gasteiger partial charge in [-0.05, 0) is 42.9 Å². The van der Waals surface area contributed by atoms with Crippen LogP contribution in [0.15, 0.2) is 48.5 Å². The first-order chi connectivity index (χ1) is 16.9. The molecule has 1 fully saturated rings. The van der Waals surface area contributed by atoms with Gasteiger partial charge in [0.25, 0.3) is 5.91 Å². The van der Waals surface area contributed by atoms with Crippen molar-refractivity contribution in [3.05, 3.63) is 54.1 Å². The van der Waals surface area contributed by atoms with Crippen LogP contribution in [0.1, 0.15) is 31.4 Å². The first kappa shape index (κ1) is 25.6. The van der Waals surface area contributed by atoms with Crippen LogP contribution in [0.5, 0.6) is 0 Å². The average Bonchev–Trinajstić information content (AvgIpc) is 3.67. The van der Waals surface area contributed by atoms with Crippen LogP contribution in [-0.4, -0.2) is 42.9 Å². The summed E-state index contributed by atoms with van der Waals surface area (Å²) in [5, 5.41) is 4.01. The zero-order valence-corrected chi connectivity index (χ0v) is 19.2. The quantitative estimate of drug-likeness (QED) is 0.434. The van der Waals surface area contributed by atoms with Gasteiger partial charge in [0.05, 0.1) is 12.2 Å². The van der Waals surface area contributed by atoms with Gasteiger partial charge < -0.3 is 15.5 Å². The normalized spacial score (nSPS) is 18.6. The first-order valence-electron chi connectivity index (χ1n) is 11.4. The Morgan fingerprint density at radius 3 is 2.22 bits per heavy atom. The largest absolute Gasteiger partial charge is 0.455 e. The highest BCUT2D eigenvalue weighted by molar-refractivity contribution is 6.08. The van der Waals surface area contributed by atoms with E-state index in [1.165, 1.54) is 5.32 Å². The molecule has 2 aromatic rings. The minimum Gasteiger partial charge on any atom is -0.349 e. The van der Waals surface area contributed by atoms with E-state index in [0.717, 1.165) is 25.3 Å². The predicted molar refractivity (Wildman–Crippen MR) is 121 cm³/mol. The average molecular weight is 509 g/mol. The molecule has 2 N–H and O–H groups in total. The molecule has 1 aliphatic heterocycles. The molecule has 192 valence electrons. The third-order valence-electron chi connectivity index (χ3n) is 6.38. The molecule has 36 heavy (non-hydrogen) atoms. The fraction of sp³-hybridized carbons (Fsp3) is 0.400. The van der Waals surface area contributed by atoms with Crippen LogP contribution in [0.4, 0.5) is 27.6 Å². The Labute approximate surface area is 203 Å². The Morgan fingerprint density at radius 1 is 0.972 bits per heavy atom. The summed E-state index contributed by atoms with van der Waals surface area (Å²) >= 11 is 0. The fourth-order valence-corrected chi connectivity index (χ4v) is 4.06. The lowest BCUT2D eigenvalue weighted by molar-refractivity contribution is -0.278. The molecule has 3 amide bonds. The summed E-state index contributed by atoms with van der Waals surface area (Å²) in [6.07, 6.45) is -3.91. The van der Waals surface area contributed by atoms with E-state index < -0.39 is 48.3 Å². The number of halogens is 5. The van der Waals surface area contributed by atoms with Crippen molar-refractivity contribution in [3.8, 4) is 11.1 Å². The zero-order chi connectivity index (χ0) is 26.3. The molecule has 2 atom stereocenters. The number of rotatable bonds is 7. The number of amides is 3. The van der Waals surface area contributed by atoms with Crippen molar-refractivity contribution >= 4 is 23.4 Å². The van der Waals surface area contributed by atoms with Crippen LogP contribution in [0.3, 0.4) is 0 Å². The van der Waals surface area contributed by atoms with Gasteiger partial charge in [-0.15, -0.1) is 0 Å². The highest BCUT2D eigenvalue weighted by Gasteiger charge is 2.57. The maximum atomic E-state index is 13.7. The molecule has 0 saturated heterocycles. The molecule has 0 radical (unpaired) electrons. The van der Waals surface area contributed by atoms with E-state index in [1.807, 2.05) is 18.2 Å². The number of para-hydroxylation sites is 1. The third kappa shape index (κ3) is 5.05. The van der Waals surface area contributed by atoms with Gasteiger partial charge in [0.1, 0.15) is 12.0 Å². The van der Waals surface area contributed by atoms with Gasteiger partial charge in [0.2, 0.25) is 11.8 Å². The van der Waals surface area contributed by atoms with Gasteiger partial charge in [0, 0.05) is 12.1 Å². The number of carbonyl (C=O) groups excluding carboxylic acids is 3. The Bertz CT molecular complexity index is 1180. The van der Waals surface area contributed by atoms with Gasteiger partial charge in [-0.2, -0.15) is 22.0 Å². The van der Waals surface area contributed by atoms with Crippen LogP contribution in [0.25, 0.3) is 11.1 Å². The number of anilines is 1. The molecule has 1 aliphatic carbocycles. The second kappa shape index (κ2) is 9.51. The van der Waals surface area contributed by atoms with E-state index in [2.05, 4.69) is 5.32 Å². The van der Waals surface area contributed by atoms with Crippen molar-refractivity contribution in [2.24, 2.45) is 11.8 Å². The zero-order valence-electron chi connectivity index (χ0n) is 19.2. The van der Waals surface area contributed by atoms with Crippen LogP contribution in [0, 0.1) is 11.8 Å². The first-order valence-corrected chi connectivity index (χ1v) is 11.4. The minimum absolute atomic E-state index is 0.319.